The molecule has 2 N–H and O–H groups in total. The van der Waals surface area contributed by atoms with E-state index in [2.05, 4.69) is 10.1 Å². The lowest BCUT2D eigenvalue weighted by Crippen LogP contribution is -2.39. The smallest absolute Gasteiger partial charge is 0.317 e. The van der Waals surface area contributed by atoms with Crippen LogP contribution in [-0.4, -0.2) is 61.3 Å². The number of ether oxygens (including phenoxy) is 1. The maximum Gasteiger partial charge on any atom is 0.317 e. The second-order valence-corrected chi connectivity index (χ2v) is 3.61. The molecule has 1 saturated heterocycles. The van der Waals surface area contributed by atoms with Gasteiger partial charge in [0.2, 0.25) is 5.91 Å². The molecule has 15 heavy (non-hydrogen) atoms. The molecule has 0 aromatic carbocycles. The van der Waals surface area contributed by atoms with Gasteiger partial charge in [0.25, 0.3) is 0 Å². The third-order valence-electron chi connectivity index (χ3n) is 2.27. The highest BCUT2D eigenvalue weighted by atomic mass is 16.5. The highest BCUT2D eigenvalue weighted by Gasteiger charge is 2.24. The first-order valence-corrected chi connectivity index (χ1v) is 4.84. The fourth-order valence-electron chi connectivity index (χ4n) is 1.69. The van der Waals surface area contributed by atoms with Gasteiger partial charge in [0.1, 0.15) is 6.61 Å². The minimum absolute atomic E-state index is 0.0383. The fourth-order valence-corrected chi connectivity index (χ4v) is 1.69. The van der Waals surface area contributed by atoms with Crippen LogP contribution in [0.1, 0.15) is 6.42 Å². The third-order valence-corrected chi connectivity index (χ3v) is 2.27. The number of nitrogens with zero attached hydrogens (tertiary/aromatic N) is 1. The van der Waals surface area contributed by atoms with Gasteiger partial charge >= 0.3 is 5.97 Å². The molecule has 1 rings (SSSR count). The number of hydrogen-bond donors (Lipinski definition) is 2. The van der Waals surface area contributed by atoms with Gasteiger partial charge in [-0.15, -0.1) is 0 Å². The zero-order valence-corrected chi connectivity index (χ0v) is 8.73. The zero-order valence-electron chi connectivity index (χ0n) is 8.73. The number of rotatable bonds is 5. The number of nitrogens with one attached hydrogen (secondary N) is 1. The number of amides is 1. The van der Waals surface area contributed by atoms with Crippen molar-refractivity contribution in [2.75, 3.05) is 33.4 Å². The van der Waals surface area contributed by atoms with Crippen molar-refractivity contribution in [1.29, 1.82) is 0 Å². The van der Waals surface area contributed by atoms with Crippen LogP contribution in [-0.2, 0) is 14.3 Å². The Morgan fingerprint density at radius 3 is 2.93 bits per heavy atom. The summed E-state index contributed by atoms with van der Waals surface area (Å²) in [7, 11) is 1.46. The van der Waals surface area contributed by atoms with Crippen LogP contribution in [0.2, 0.25) is 0 Å². The molecule has 0 aromatic rings. The molecule has 0 aromatic heterocycles. The third kappa shape index (κ3) is 4.26. The Balaban J connectivity index is 2.24. The minimum atomic E-state index is -0.834. The average molecular weight is 216 g/mol. The van der Waals surface area contributed by atoms with Crippen molar-refractivity contribution in [3.05, 3.63) is 0 Å². The van der Waals surface area contributed by atoms with Gasteiger partial charge in [-0.2, -0.15) is 0 Å². The molecule has 0 spiro atoms. The monoisotopic (exact) mass is 216 g/mol. The van der Waals surface area contributed by atoms with Crippen LogP contribution in [0.25, 0.3) is 0 Å². The van der Waals surface area contributed by atoms with Crippen molar-refractivity contribution >= 4 is 11.9 Å². The summed E-state index contributed by atoms with van der Waals surface area (Å²) >= 11 is 0. The van der Waals surface area contributed by atoms with Crippen LogP contribution in [0.15, 0.2) is 0 Å². The number of hydrogen-bond acceptors (Lipinski definition) is 4. The Hall–Kier alpha value is -1.14. The van der Waals surface area contributed by atoms with E-state index in [1.54, 1.807) is 4.90 Å². The average Bonchev–Trinajstić information content (AvgIpc) is 2.51. The molecule has 0 aliphatic carbocycles. The molecule has 1 unspecified atom stereocenters. The number of likely N-dealkylation sites (tertiary alicyclic amines) is 1. The predicted molar refractivity (Wildman–Crippen MR) is 52.5 cm³/mol. The molecule has 1 aliphatic heterocycles. The van der Waals surface area contributed by atoms with Gasteiger partial charge in [-0.25, -0.2) is 0 Å². The summed E-state index contributed by atoms with van der Waals surface area (Å²) in [6.07, 6.45) is 0.794. The standard InChI is InChI=1S/C9H16N2O4/c1-15-6-8(12)10-7-2-3-11(4-7)5-9(13)14/h7H,2-6H2,1H3,(H,10,12)(H,13,14). The molecular formula is C9H16N2O4. The first-order chi connectivity index (χ1) is 7.11. The van der Waals surface area contributed by atoms with Crippen molar-refractivity contribution in [1.82, 2.24) is 10.2 Å². The van der Waals surface area contributed by atoms with Crippen molar-refractivity contribution < 1.29 is 19.4 Å². The van der Waals surface area contributed by atoms with Crippen molar-refractivity contribution in [3.63, 3.8) is 0 Å². The summed E-state index contributed by atoms with van der Waals surface area (Å²) in [5, 5.41) is 11.4. The van der Waals surface area contributed by atoms with E-state index in [0.717, 1.165) is 6.42 Å². The number of carboxylic acids is 1. The van der Waals surface area contributed by atoms with Gasteiger partial charge < -0.3 is 15.2 Å². The van der Waals surface area contributed by atoms with Gasteiger partial charge in [0, 0.05) is 26.2 Å². The number of carbonyl (C=O) groups is 2. The summed E-state index contributed by atoms with van der Waals surface area (Å²) in [5.41, 5.74) is 0. The SMILES string of the molecule is COCC(=O)NC1CCN(CC(=O)O)C1. The number of carboxylic acid groups (broad SMARTS) is 1. The summed E-state index contributed by atoms with van der Waals surface area (Å²) < 4.78 is 4.69. The molecule has 1 aliphatic rings. The maximum absolute atomic E-state index is 11.2. The highest BCUT2D eigenvalue weighted by molar-refractivity contribution is 5.77. The summed E-state index contributed by atoms with van der Waals surface area (Å²) in [6.45, 7) is 1.40. The lowest BCUT2D eigenvalue weighted by Gasteiger charge is -2.14. The maximum atomic E-state index is 11.2. The van der Waals surface area contributed by atoms with Gasteiger partial charge in [0.15, 0.2) is 0 Å². The van der Waals surface area contributed by atoms with Crippen molar-refractivity contribution in [3.8, 4) is 0 Å². The van der Waals surface area contributed by atoms with Crippen LogP contribution in [0.3, 0.4) is 0 Å². The van der Waals surface area contributed by atoms with Crippen molar-refractivity contribution in [2.24, 2.45) is 0 Å². The van der Waals surface area contributed by atoms with E-state index in [1.165, 1.54) is 7.11 Å². The predicted octanol–water partition coefficient (Wildman–Crippen LogP) is -1.09. The van der Waals surface area contributed by atoms with E-state index < -0.39 is 5.97 Å². The topological polar surface area (TPSA) is 78.9 Å². The molecule has 0 bridgehead atoms. The molecule has 6 heteroatoms. The van der Waals surface area contributed by atoms with Gasteiger partial charge in [-0.1, -0.05) is 0 Å². The Bertz CT molecular complexity index is 244. The number of carbonyl (C=O) groups excluding carboxylic acids is 1. The normalized spacial score (nSPS) is 21.5. The van der Waals surface area contributed by atoms with E-state index in [9.17, 15) is 9.59 Å². The van der Waals surface area contributed by atoms with Crippen LogP contribution < -0.4 is 5.32 Å². The van der Waals surface area contributed by atoms with E-state index in [4.69, 9.17) is 5.11 Å². The highest BCUT2D eigenvalue weighted by Crippen LogP contribution is 2.08. The minimum Gasteiger partial charge on any atom is -0.480 e. The summed E-state index contributed by atoms with van der Waals surface area (Å²) in [5.74, 6) is -0.987. The molecule has 1 heterocycles. The second kappa shape index (κ2) is 5.67. The lowest BCUT2D eigenvalue weighted by atomic mass is 10.2. The molecule has 0 saturated carbocycles. The summed E-state index contributed by atoms with van der Waals surface area (Å²) in [6, 6.07) is 0.0481. The van der Waals surface area contributed by atoms with Crippen LogP contribution in [0.5, 0.6) is 0 Å². The Morgan fingerprint density at radius 2 is 2.33 bits per heavy atom. The molecule has 1 atom stereocenters. The number of methoxy groups -OCH3 is 1. The molecule has 6 nitrogen and oxygen atoms in total. The quantitative estimate of drug-likeness (QED) is 0.610. The first-order valence-electron chi connectivity index (χ1n) is 4.84. The Morgan fingerprint density at radius 1 is 1.60 bits per heavy atom. The fraction of sp³-hybridized carbons (Fsp3) is 0.778. The van der Waals surface area contributed by atoms with Crippen LogP contribution in [0.4, 0.5) is 0 Å². The Kier molecular flexibility index (Phi) is 4.51. The van der Waals surface area contributed by atoms with Crippen molar-refractivity contribution in [2.45, 2.75) is 12.5 Å². The lowest BCUT2D eigenvalue weighted by molar-refractivity contribution is -0.138. The molecule has 1 amide bonds. The molecule has 1 fully saturated rings. The van der Waals surface area contributed by atoms with E-state index in [1.807, 2.05) is 0 Å². The largest absolute Gasteiger partial charge is 0.480 e. The molecular weight excluding hydrogens is 200 g/mol. The Labute approximate surface area is 88.2 Å². The van der Waals surface area contributed by atoms with E-state index >= 15 is 0 Å². The number of aliphatic carboxylic acids is 1. The second-order valence-electron chi connectivity index (χ2n) is 3.61. The first kappa shape index (κ1) is 11.9. The van der Waals surface area contributed by atoms with E-state index in [0.29, 0.717) is 13.1 Å². The van der Waals surface area contributed by atoms with Gasteiger partial charge in [-0.3, -0.25) is 14.5 Å². The van der Waals surface area contributed by atoms with Gasteiger partial charge in [0.05, 0.1) is 6.54 Å². The van der Waals surface area contributed by atoms with Crippen LogP contribution >= 0.6 is 0 Å². The molecule has 0 radical (unpaired) electrons. The van der Waals surface area contributed by atoms with Gasteiger partial charge in [-0.05, 0) is 6.42 Å². The zero-order chi connectivity index (χ0) is 11.3. The molecule has 86 valence electrons. The van der Waals surface area contributed by atoms with E-state index in [-0.39, 0.29) is 25.1 Å². The van der Waals surface area contributed by atoms with Crippen LogP contribution in [0, 0.1) is 0 Å². The summed E-state index contributed by atoms with van der Waals surface area (Å²) in [4.78, 5) is 23.4.